The Kier molecular flexibility index (Phi) is 5.56. The van der Waals surface area contributed by atoms with Gasteiger partial charge in [0.2, 0.25) is 0 Å². The largest absolute Gasteiger partial charge is 0.497 e. The number of rotatable bonds is 6. The lowest BCUT2D eigenvalue weighted by Crippen LogP contribution is -2.66. The summed E-state index contributed by atoms with van der Waals surface area (Å²) in [6, 6.07) is 4.03. The summed E-state index contributed by atoms with van der Waals surface area (Å²) in [5, 5.41) is 0. The van der Waals surface area contributed by atoms with Crippen molar-refractivity contribution in [2.24, 2.45) is 4.99 Å². The summed E-state index contributed by atoms with van der Waals surface area (Å²) in [7, 11) is 1.22. The Morgan fingerprint density at radius 2 is 1.19 bits per heavy atom. The summed E-state index contributed by atoms with van der Waals surface area (Å²) in [6.07, 6.45) is -8.32. The SMILES string of the molecule is COc1ccc(N=CC(F)(F)C(F)(F)C(F)(F)C(F)(F)C(F)(F)F)cc1. The van der Waals surface area contributed by atoms with Crippen molar-refractivity contribution in [1.82, 2.24) is 0 Å². The molecule has 0 unspecified atom stereocenters. The van der Waals surface area contributed by atoms with Crippen LogP contribution in [-0.4, -0.2) is 43.2 Å². The van der Waals surface area contributed by atoms with E-state index in [1.165, 1.54) is 7.11 Å². The molecule has 1 aromatic rings. The number of nitrogens with zero attached hydrogens (tertiary/aromatic N) is 1. The highest BCUT2D eigenvalue weighted by Crippen LogP contribution is 2.56. The highest BCUT2D eigenvalue weighted by atomic mass is 19.4. The van der Waals surface area contributed by atoms with Crippen molar-refractivity contribution in [2.75, 3.05) is 7.11 Å². The third kappa shape index (κ3) is 3.56. The number of aliphatic imine (C=N–C) groups is 1. The Balaban J connectivity index is 3.24. The van der Waals surface area contributed by atoms with Crippen molar-refractivity contribution in [3.8, 4) is 5.75 Å². The van der Waals surface area contributed by atoms with E-state index in [9.17, 15) is 48.3 Å². The van der Waals surface area contributed by atoms with E-state index in [0.717, 1.165) is 24.3 Å². The van der Waals surface area contributed by atoms with Crippen molar-refractivity contribution >= 4 is 11.9 Å². The third-order valence-corrected chi connectivity index (χ3v) is 3.01. The molecule has 0 N–H and O–H groups in total. The third-order valence-electron chi connectivity index (χ3n) is 3.01. The highest BCUT2D eigenvalue weighted by Gasteiger charge is 2.86. The van der Waals surface area contributed by atoms with E-state index in [4.69, 9.17) is 0 Å². The lowest BCUT2D eigenvalue weighted by atomic mass is 9.99. The summed E-state index contributed by atoms with van der Waals surface area (Å²) in [4.78, 5) is 2.71. The van der Waals surface area contributed by atoms with Crippen molar-refractivity contribution < 1.29 is 53.0 Å². The molecule has 0 heterocycles. The van der Waals surface area contributed by atoms with Crippen LogP contribution in [0.5, 0.6) is 5.75 Å². The van der Waals surface area contributed by atoms with E-state index >= 15 is 0 Å². The molecule has 0 saturated carbocycles. The molecule has 0 saturated heterocycles. The smallest absolute Gasteiger partial charge is 0.460 e. The molecule has 0 aliphatic heterocycles. The van der Waals surface area contributed by atoms with E-state index in [1.807, 2.05) is 0 Å². The summed E-state index contributed by atoms with van der Waals surface area (Å²) in [6.45, 7) is 0. The molecule has 0 aliphatic carbocycles. The number of hydrogen-bond donors (Lipinski definition) is 0. The average molecular weight is 403 g/mol. The Morgan fingerprint density at radius 1 is 0.731 bits per heavy atom. The van der Waals surface area contributed by atoms with Crippen molar-refractivity contribution in [3.63, 3.8) is 0 Å². The molecule has 1 rings (SSSR count). The van der Waals surface area contributed by atoms with E-state index in [-0.39, 0.29) is 5.75 Å². The van der Waals surface area contributed by atoms with Gasteiger partial charge in [-0.3, -0.25) is 4.99 Å². The topological polar surface area (TPSA) is 21.6 Å². The molecule has 26 heavy (non-hydrogen) atoms. The first-order valence-electron chi connectivity index (χ1n) is 6.28. The average Bonchev–Trinajstić information content (AvgIpc) is 2.51. The first kappa shape index (κ1) is 22.0. The molecule has 0 atom stereocenters. The van der Waals surface area contributed by atoms with Crippen LogP contribution >= 0.6 is 0 Å². The Morgan fingerprint density at radius 3 is 1.58 bits per heavy atom. The fourth-order valence-electron chi connectivity index (χ4n) is 1.49. The molecular formula is C13H8F11NO. The van der Waals surface area contributed by atoms with Gasteiger partial charge in [-0.15, -0.1) is 0 Å². The fourth-order valence-corrected chi connectivity index (χ4v) is 1.49. The molecule has 13 heteroatoms. The minimum absolute atomic E-state index is 0.178. The van der Waals surface area contributed by atoms with Crippen molar-refractivity contribution in [1.29, 1.82) is 0 Å². The molecule has 0 spiro atoms. The van der Waals surface area contributed by atoms with Gasteiger partial charge in [0.15, 0.2) is 0 Å². The van der Waals surface area contributed by atoms with Crippen LogP contribution in [0.4, 0.5) is 54.0 Å². The van der Waals surface area contributed by atoms with Gasteiger partial charge in [0.25, 0.3) is 0 Å². The highest BCUT2D eigenvalue weighted by molar-refractivity contribution is 5.72. The molecule has 148 valence electrons. The lowest BCUT2D eigenvalue weighted by molar-refractivity contribution is -0.414. The molecule has 1 aromatic carbocycles. The number of methoxy groups -OCH3 is 1. The van der Waals surface area contributed by atoms with Gasteiger partial charge in [0.05, 0.1) is 19.0 Å². The van der Waals surface area contributed by atoms with Crippen LogP contribution in [0.1, 0.15) is 0 Å². The van der Waals surface area contributed by atoms with Crippen LogP contribution in [0.2, 0.25) is 0 Å². The molecular weight excluding hydrogens is 395 g/mol. The second-order valence-corrected chi connectivity index (χ2v) is 4.80. The predicted molar refractivity (Wildman–Crippen MR) is 67.0 cm³/mol. The summed E-state index contributed by atoms with van der Waals surface area (Å²) in [5.74, 6) is -27.9. The van der Waals surface area contributed by atoms with Gasteiger partial charge in [-0.2, -0.15) is 48.3 Å². The quantitative estimate of drug-likeness (QED) is 0.454. The summed E-state index contributed by atoms with van der Waals surface area (Å²) >= 11 is 0. The van der Waals surface area contributed by atoms with Gasteiger partial charge in [0, 0.05) is 0 Å². The van der Waals surface area contributed by atoms with Crippen LogP contribution < -0.4 is 4.74 Å². The van der Waals surface area contributed by atoms with E-state index < -0.39 is 41.8 Å². The molecule has 0 aliphatic rings. The monoisotopic (exact) mass is 403 g/mol. The Hall–Kier alpha value is -2.08. The second-order valence-electron chi connectivity index (χ2n) is 4.80. The molecule has 0 aromatic heterocycles. The van der Waals surface area contributed by atoms with Gasteiger partial charge >= 0.3 is 29.9 Å². The molecule has 0 amide bonds. The zero-order valence-corrected chi connectivity index (χ0v) is 12.4. The molecule has 0 bridgehead atoms. The van der Waals surface area contributed by atoms with Crippen LogP contribution in [0.25, 0.3) is 0 Å². The first-order valence-corrected chi connectivity index (χ1v) is 6.28. The second kappa shape index (κ2) is 6.58. The summed E-state index contributed by atoms with van der Waals surface area (Å²) in [5.41, 5.74) is -0.507. The number of benzene rings is 1. The zero-order valence-electron chi connectivity index (χ0n) is 12.4. The minimum atomic E-state index is -7.45. The fraction of sp³-hybridized carbons (Fsp3) is 0.462. The summed E-state index contributed by atoms with van der Waals surface area (Å²) < 4.78 is 145. The van der Waals surface area contributed by atoms with Gasteiger partial charge in [-0.1, -0.05) is 0 Å². The number of ether oxygens (including phenoxy) is 1. The lowest BCUT2D eigenvalue weighted by Gasteiger charge is -2.35. The number of hydrogen-bond acceptors (Lipinski definition) is 2. The van der Waals surface area contributed by atoms with Crippen molar-refractivity contribution in [2.45, 2.75) is 29.9 Å². The Labute approximate surface area is 138 Å². The normalized spacial score (nSPS) is 14.8. The maximum atomic E-state index is 13.3. The molecule has 0 fully saturated rings. The van der Waals surface area contributed by atoms with Crippen LogP contribution in [-0.2, 0) is 0 Å². The van der Waals surface area contributed by atoms with Gasteiger partial charge < -0.3 is 4.74 Å². The number of alkyl halides is 11. The predicted octanol–water partition coefficient (Wildman–Crippen LogP) is 5.50. The van der Waals surface area contributed by atoms with Gasteiger partial charge in [-0.25, -0.2) is 0 Å². The van der Waals surface area contributed by atoms with Crippen LogP contribution in [0.3, 0.4) is 0 Å². The number of halogens is 11. The van der Waals surface area contributed by atoms with Gasteiger partial charge in [0.1, 0.15) is 5.75 Å². The van der Waals surface area contributed by atoms with Crippen molar-refractivity contribution in [3.05, 3.63) is 24.3 Å². The maximum absolute atomic E-state index is 13.3. The van der Waals surface area contributed by atoms with E-state index in [2.05, 4.69) is 9.73 Å². The Bertz CT molecular complexity index is 649. The van der Waals surface area contributed by atoms with Crippen LogP contribution in [0.15, 0.2) is 29.3 Å². The van der Waals surface area contributed by atoms with E-state index in [1.54, 1.807) is 0 Å². The van der Waals surface area contributed by atoms with Crippen LogP contribution in [0, 0.1) is 0 Å². The van der Waals surface area contributed by atoms with Gasteiger partial charge in [-0.05, 0) is 24.3 Å². The van der Waals surface area contributed by atoms with E-state index in [0.29, 0.717) is 0 Å². The minimum Gasteiger partial charge on any atom is -0.497 e. The first-order chi connectivity index (χ1) is 11.5. The zero-order chi connectivity index (χ0) is 20.6. The standard InChI is InChI=1S/C13H8F11NO/c1-26-8-4-2-7(3-5-8)25-6-9(14,15)10(16,17)11(18,19)12(20,21)13(22,23)24/h2-6H,1H3. The maximum Gasteiger partial charge on any atom is 0.460 e. The molecule has 0 radical (unpaired) electrons. The molecule has 2 nitrogen and oxygen atoms in total.